The molecular weight excluding hydrogens is 318 g/mol. The molecular formula is C17H22ClNO4. The predicted molar refractivity (Wildman–Crippen MR) is 87.6 cm³/mol. The Balaban J connectivity index is 1.95. The van der Waals surface area contributed by atoms with E-state index in [0.717, 1.165) is 11.3 Å². The molecule has 1 aromatic rings. The summed E-state index contributed by atoms with van der Waals surface area (Å²) in [7, 11) is 0. The van der Waals surface area contributed by atoms with Gasteiger partial charge in [0.1, 0.15) is 12.4 Å². The first kappa shape index (κ1) is 17.6. The van der Waals surface area contributed by atoms with Crippen molar-refractivity contribution in [3.05, 3.63) is 28.8 Å². The molecule has 2 atom stereocenters. The van der Waals surface area contributed by atoms with Gasteiger partial charge in [0, 0.05) is 10.6 Å². The number of hydrogen-bond donors (Lipinski definition) is 1. The Bertz CT molecular complexity index is 609. The molecule has 23 heavy (non-hydrogen) atoms. The molecule has 1 aliphatic heterocycles. The van der Waals surface area contributed by atoms with E-state index in [2.05, 4.69) is 5.32 Å². The number of nitrogens with one attached hydrogen (secondary N) is 1. The van der Waals surface area contributed by atoms with E-state index in [4.69, 9.17) is 21.1 Å². The monoisotopic (exact) mass is 339 g/mol. The highest BCUT2D eigenvalue weighted by Gasteiger charge is 2.30. The quantitative estimate of drug-likeness (QED) is 0.860. The second-order valence-electron chi connectivity index (χ2n) is 6.78. The zero-order chi connectivity index (χ0) is 17.2. The molecule has 0 aromatic heterocycles. The van der Waals surface area contributed by atoms with Crippen molar-refractivity contribution in [1.82, 2.24) is 5.32 Å². The summed E-state index contributed by atoms with van der Waals surface area (Å²) in [6.07, 6.45) is -0.356. The first-order chi connectivity index (χ1) is 10.7. The summed E-state index contributed by atoms with van der Waals surface area (Å²) in [5, 5.41) is 3.38. The van der Waals surface area contributed by atoms with Gasteiger partial charge in [0.25, 0.3) is 5.91 Å². The van der Waals surface area contributed by atoms with Crippen molar-refractivity contribution < 1.29 is 19.1 Å². The molecule has 2 rings (SSSR count). The van der Waals surface area contributed by atoms with E-state index in [9.17, 15) is 9.59 Å². The normalized spacial score (nSPS) is 18.4. The van der Waals surface area contributed by atoms with Gasteiger partial charge in [-0.1, -0.05) is 11.6 Å². The van der Waals surface area contributed by atoms with Gasteiger partial charge >= 0.3 is 5.97 Å². The summed E-state index contributed by atoms with van der Waals surface area (Å²) in [5.74, 6) is -0.457. The van der Waals surface area contributed by atoms with Crippen molar-refractivity contribution in [2.75, 3.05) is 6.61 Å². The Morgan fingerprint density at radius 1 is 1.39 bits per heavy atom. The molecule has 0 fully saturated rings. The lowest BCUT2D eigenvalue weighted by Gasteiger charge is -2.26. The minimum Gasteiger partial charge on any atom is -0.492 e. The number of halogens is 1. The Labute approximate surface area is 141 Å². The molecule has 0 unspecified atom stereocenters. The molecule has 1 aliphatic rings. The van der Waals surface area contributed by atoms with Gasteiger partial charge in [-0.2, -0.15) is 0 Å². The zero-order valence-corrected chi connectivity index (χ0v) is 14.6. The lowest BCUT2D eigenvalue weighted by atomic mass is 9.97. The van der Waals surface area contributed by atoms with E-state index < -0.39 is 18.0 Å². The summed E-state index contributed by atoms with van der Waals surface area (Å²) in [6, 6.07) is 5.32. The van der Waals surface area contributed by atoms with Crippen LogP contribution in [-0.2, 0) is 20.7 Å². The van der Waals surface area contributed by atoms with Crippen molar-refractivity contribution >= 4 is 23.5 Å². The fourth-order valence-electron chi connectivity index (χ4n) is 2.31. The van der Waals surface area contributed by atoms with E-state index in [1.807, 2.05) is 20.8 Å². The second kappa shape index (κ2) is 6.79. The molecule has 126 valence electrons. The zero-order valence-electron chi connectivity index (χ0n) is 13.8. The Morgan fingerprint density at radius 3 is 2.74 bits per heavy atom. The molecule has 6 heteroatoms. The van der Waals surface area contributed by atoms with Crippen LogP contribution in [0.1, 0.15) is 33.3 Å². The Morgan fingerprint density at radius 2 is 2.09 bits per heavy atom. The van der Waals surface area contributed by atoms with E-state index in [0.29, 0.717) is 11.4 Å². The standard InChI is InChI=1S/C17H22ClNO4/c1-10(15(20)19-17(2,3)4)23-16(21)12-7-11-8-13(18)5-6-14(11)22-9-12/h5-6,8,10,12H,7,9H2,1-4H3,(H,19,20)/t10-,12-/m0/s1. The number of esters is 1. The third kappa shape index (κ3) is 4.86. The van der Waals surface area contributed by atoms with Crippen molar-refractivity contribution in [2.24, 2.45) is 5.92 Å². The fraction of sp³-hybridized carbons (Fsp3) is 0.529. The van der Waals surface area contributed by atoms with Gasteiger partial charge in [-0.05, 0) is 57.9 Å². The van der Waals surface area contributed by atoms with Crippen LogP contribution in [0.3, 0.4) is 0 Å². The second-order valence-corrected chi connectivity index (χ2v) is 7.22. The first-order valence-electron chi connectivity index (χ1n) is 7.59. The van der Waals surface area contributed by atoms with Crippen LogP contribution in [0.15, 0.2) is 18.2 Å². The van der Waals surface area contributed by atoms with Crippen molar-refractivity contribution in [3.63, 3.8) is 0 Å². The molecule has 0 bridgehead atoms. The maximum Gasteiger partial charge on any atom is 0.313 e. The van der Waals surface area contributed by atoms with Gasteiger partial charge in [0.05, 0.1) is 5.92 Å². The van der Waals surface area contributed by atoms with E-state index >= 15 is 0 Å². The van der Waals surface area contributed by atoms with Crippen LogP contribution in [0, 0.1) is 5.92 Å². The number of rotatable bonds is 3. The lowest BCUT2D eigenvalue weighted by Crippen LogP contribution is -2.47. The van der Waals surface area contributed by atoms with Gasteiger partial charge in [-0.15, -0.1) is 0 Å². The molecule has 0 aliphatic carbocycles. The van der Waals surface area contributed by atoms with Crippen LogP contribution in [0.4, 0.5) is 0 Å². The van der Waals surface area contributed by atoms with Gasteiger partial charge in [-0.25, -0.2) is 0 Å². The maximum atomic E-state index is 12.3. The Hall–Kier alpha value is -1.75. The minimum absolute atomic E-state index is 0.237. The highest BCUT2D eigenvalue weighted by atomic mass is 35.5. The maximum absolute atomic E-state index is 12.3. The number of fused-ring (bicyclic) bond motifs is 1. The summed E-state index contributed by atoms with van der Waals surface area (Å²) in [4.78, 5) is 24.2. The van der Waals surface area contributed by atoms with Crippen LogP contribution < -0.4 is 10.1 Å². The lowest BCUT2D eigenvalue weighted by molar-refractivity contribution is -0.160. The molecule has 1 aromatic carbocycles. The van der Waals surface area contributed by atoms with Crippen LogP contribution >= 0.6 is 11.6 Å². The third-order valence-electron chi connectivity index (χ3n) is 3.42. The largest absolute Gasteiger partial charge is 0.492 e. The van der Waals surface area contributed by atoms with E-state index in [-0.39, 0.29) is 18.1 Å². The third-order valence-corrected chi connectivity index (χ3v) is 3.66. The molecule has 1 heterocycles. The van der Waals surface area contributed by atoms with E-state index in [1.165, 1.54) is 0 Å². The average molecular weight is 340 g/mol. The summed E-state index contributed by atoms with van der Waals surface area (Å²) in [5.41, 5.74) is 0.499. The first-order valence-corrected chi connectivity index (χ1v) is 7.97. The minimum atomic E-state index is -0.845. The van der Waals surface area contributed by atoms with E-state index in [1.54, 1.807) is 25.1 Å². The smallest absolute Gasteiger partial charge is 0.313 e. The number of ether oxygens (including phenoxy) is 2. The molecule has 1 N–H and O–H groups in total. The summed E-state index contributed by atoms with van der Waals surface area (Å²) < 4.78 is 10.9. The summed E-state index contributed by atoms with van der Waals surface area (Å²) in [6.45, 7) is 7.41. The highest BCUT2D eigenvalue weighted by molar-refractivity contribution is 6.30. The number of amides is 1. The topological polar surface area (TPSA) is 64.6 Å². The van der Waals surface area contributed by atoms with Crippen LogP contribution in [0.5, 0.6) is 5.75 Å². The molecule has 0 radical (unpaired) electrons. The number of benzene rings is 1. The fourth-order valence-corrected chi connectivity index (χ4v) is 2.50. The highest BCUT2D eigenvalue weighted by Crippen LogP contribution is 2.30. The van der Waals surface area contributed by atoms with Gasteiger partial charge in [0.15, 0.2) is 6.10 Å². The van der Waals surface area contributed by atoms with Crippen molar-refractivity contribution in [2.45, 2.75) is 45.8 Å². The Kier molecular flexibility index (Phi) is 5.19. The predicted octanol–water partition coefficient (Wildman–Crippen LogP) is 2.74. The number of hydrogen-bond acceptors (Lipinski definition) is 4. The molecule has 5 nitrogen and oxygen atoms in total. The molecule has 0 spiro atoms. The van der Waals surface area contributed by atoms with Gasteiger partial charge in [-0.3, -0.25) is 9.59 Å². The molecule has 1 amide bonds. The molecule has 0 saturated carbocycles. The van der Waals surface area contributed by atoms with Gasteiger partial charge in [0.2, 0.25) is 0 Å². The van der Waals surface area contributed by atoms with Crippen LogP contribution in [0.25, 0.3) is 0 Å². The summed E-state index contributed by atoms with van der Waals surface area (Å²) >= 11 is 5.97. The molecule has 0 saturated heterocycles. The van der Waals surface area contributed by atoms with Crippen molar-refractivity contribution in [3.8, 4) is 5.75 Å². The van der Waals surface area contributed by atoms with Crippen molar-refractivity contribution in [1.29, 1.82) is 0 Å². The number of carbonyl (C=O) groups is 2. The number of carbonyl (C=O) groups excluding carboxylic acids is 2. The van der Waals surface area contributed by atoms with Crippen LogP contribution in [-0.4, -0.2) is 30.1 Å². The van der Waals surface area contributed by atoms with Gasteiger partial charge < -0.3 is 14.8 Å². The SMILES string of the molecule is C[C@H](OC(=O)[C@@H]1COc2ccc(Cl)cc2C1)C(=O)NC(C)(C)C. The average Bonchev–Trinajstić information content (AvgIpc) is 2.44. The van der Waals surface area contributed by atoms with Crippen LogP contribution in [0.2, 0.25) is 5.02 Å².